The topological polar surface area (TPSA) is 32.3 Å². The van der Waals surface area contributed by atoms with Gasteiger partial charge in [-0.3, -0.25) is 4.79 Å². The van der Waals surface area contributed by atoms with Crippen LogP contribution in [0.5, 0.6) is 0 Å². The maximum absolute atomic E-state index is 11.8. The van der Waals surface area contributed by atoms with E-state index >= 15 is 0 Å². The number of nitrogens with zero attached hydrogens (tertiary/aromatic N) is 1. The third kappa shape index (κ3) is 25.7. The van der Waals surface area contributed by atoms with Crippen molar-refractivity contribution in [3.05, 3.63) is 0 Å². The summed E-state index contributed by atoms with van der Waals surface area (Å²) in [6.07, 6.45) is 23.5. The van der Waals surface area contributed by atoms with Gasteiger partial charge < -0.3 is 10.2 Å². The molecule has 1 amide bonds. The van der Waals surface area contributed by atoms with Crippen LogP contribution in [0.2, 0.25) is 0 Å². The maximum atomic E-state index is 11.8. The van der Waals surface area contributed by atoms with E-state index in [1.165, 1.54) is 89.9 Å². The van der Waals surface area contributed by atoms with Crippen molar-refractivity contribution in [3.8, 4) is 0 Å². The van der Waals surface area contributed by atoms with Crippen LogP contribution in [-0.2, 0) is 4.79 Å². The van der Waals surface area contributed by atoms with Gasteiger partial charge in [0.1, 0.15) is 0 Å². The molecule has 28 heavy (non-hydrogen) atoms. The van der Waals surface area contributed by atoms with E-state index in [-0.39, 0.29) is 18.3 Å². The molecule has 0 radical (unpaired) electrons. The largest absolute Gasteiger partial charge is 0.356 e. The van der Waals surface area contributed by atoms with Gasteiger partial charge in [-0.05, 0) is 39.9 Å². The molecule has 0 aliphatic rings. The molecule has 0 saturated heterocycles. The highest BCUT2D eigenvalue weighted by atomic mass is 35.5. The number of carbonyl (C=O) groups is 1. The molecule has 0 aromatic rings. The molecule has 0 aliphatic heterocycles. The first-order valence-corrected chi connectivity index (χ1v) is 12.1. The van der Waals surface area contributed by atoms with E-state index in [9.17, 15) is 4.79 Å². The Kier molecular flexibility index (Phi) is 26.5. The molecule has 0 heterocycles. The predicted octanol–water partition coefficient (Wildman–Crippen LogP) is 7.13. The van der Waals surface area contributed by atoms with Crippen LogP contribution in [0.3, 0.4) is 0 Å². The Hall–Kier alpha value is -0.280. The van der Waals surface area contributed by atoms with Crippen LogP contribution < -0.4 is 5.32 Å². The van der Waals surface area contributed by atoms with E-state index < -0.39 is 0 Å². The summed E-state index contributed by atoms with van der Waals surface area (Å²) in [5, 5.41) is 3.05. The van der Waals surface area contributed by atoms with Crippen LogP contribution in [0.1, 0.15) is 122 Å². The molecule has 0 bridgehead atoms. The van der Waals surface area contributed by atoms with Gasteiger partial charge in [-0.15, -0.1) is 12.4 Å². The van der Waals surface area contributed by atoms with Gasteiger partial charge in [0, 0.05) is 13.0 Å². The molecule has 0 aromatic heterocycles. The Morgan fingerprint density at radius 3 is 1.50 bits per heavy atom. The molecular weight excluding hydrogens is 368 g/mol. The molecule has 0 aromatic carbocycles. The van der Waals surface area contributed by atoms with Crippen molar-refractivity contribution in [1.29, 1.82) is 0 Å². The summed E-state index contributed by atoms with van der Waals surface area (Å²) < 4.78 is 0. The third-order valence-electron chi connectivity index (χ3n) is 5.36. The Bertz CT molecular complexity index is 311. The van der Waals surface area contributed by atoms with Crippen molar-refractivity contribution < 1.29 is 4.79 Å². The lowest BCUT2D eigenvalue weighted by Gasteiger charge is -2.09. The number of carbonyl (C=O) groups excluding carboxylic acids is 1. The summed E-state index contributed by atoms with van der Waals surface area (Å²) in [6.45, 7) is 4.23. The van der Waals surface area contributed by atoms with Crippen LogP contribution in [0.15, 0.2) is 0 Å². The lowest BCUT2D eigenvalue weighted by Crippen LogP contribution is -2.24. The van der Waals surface area contributed by atoms with Gasteiger partial charge in [0.05, 0.1) is 0 Å². The van der Waals surface area contributed by atoms with Crippen molar-refractivity contribution in [3.63, 3.8) is 0 Å². The second-order valence-electron chi connectivity index (χ2n) is 8.56. The fourth-order valence-electron chi connectivity index (χ4n) is 3.53. The van der Waals surface area contributed by atoms with E-state index in [0.717, 1.165) is 32.4 Å². The van der Waals surface area contributed by atoms with Crippen molar-refractivity contribution >= 4 is 18.3 Å². The van der Waals surface area contributed by atoms with Crippen LogP contribution in [0.25, 0.3) is 0 Å². The predicted molar refractivity (Wildman–Crippen MR) is 128 cm³/mol. The second-order valence-corrected chi connectivity index (χ2v) is 8.56. The minimum Gasteiger partial charge on any atom is -0.356 e. The maximum Gasteiger partial charge on any atom is 0.219 e. The highest BCUT2D eigenvalue weighted by molar-refractivity contribution is 5.85. The molecule has 0 rings (SSSR count). The molecule has 170 valence electrons. The third-order valence-corrected chi connectivity index (χ3v) is 5.36. The minimum atomic E-state index is 0. The fourth-order valence-corrected chi connectivity index (χ4v) is 3.53. The van der Waals surface area contributed by atoms with Crippen molar-refractivity contribution in [2.75, 3.05) is 27.2 Å². The highest BCUT2D eigenvalue weighted by Gasteiger charge is 2.01. The first kappa shape index (κ1) is 29.9. The number of hydrogen-bond acceptors (Lipinski definition) is 2. The van der Waals surface area contributed by atoms with Crippen LogP contribution >= 0.6 is 12.4 Å². The first-order chi connectivity index (χ1) is 13.2. The van der Waals surface area contributed by atoms with Crippen molar-refractivity contribution in [2.24, 2.45) is 0 Å². The summed E-state index contributed by atoms with van der Waals surface area (Å²) in [5.74, 6) is 0.245. The number of amides is 1. The van der Waals surface area contributed by atoms with Crippen LogP contribution in [-0.4, -0.2) is 38.0 Å². The van der Waals surface area contributed by atoms with Gasteiger partial charge in [0.15, 0.2) is 0 Å². The van der Waals surface area contributed by atoms with E-state index in [0.29, 0.717) is 6.42 Å². The molecular formula is C24H51ClN2O. The minimum absolute atomic E-state index is 0. The summed E-state index contributed by atoms with van der Waals surface area (Å²) in [7, 11) is 4.18. The molecule has 0 fully saturated rings. The Morgan fingerprint density at radius 2 is 1.07 bits per heavy atom. The summed E-state index contributed by atoms with van der Waals surface area (Å²) >= 11 is 0. The summed E-state index contributed by atoms with van der Waals surface area (Å²) in [4.78, 5) is 13.9. The van der Waals surface area contributed by atoms with E-state index in [1.807, 2.05) is 0 Å². The number of rotatable bonds is 21. The molecule has 0 spiro atoms. The second kappa shape index (κ2) is 24.8. The lowest BCUT2D eigenvalue weighted by molar-refractivity contribution is -0.121. The quantitative estimate of drug-likeness (QED) is 0.201. The molecule has 0 atom stereocenters. The fraction of sp³-hybridized carbons (Fsp3) is 0.958. The Morgan fingerprint density at radius 1 is 0.643 bits per heavy atom. The number of unbranched alkanes of at least 4 members (excludes halogenated alkanes) is 15. The zero-order chi connectivity index (χ0) is 20.0. The molecule has 4 heteroatoms. The van der Waals surface area contributed by atoms with Crippen molar-refractivity contribution in [2.45, 2.75) is 122 Å². The SMILES string of the molecule is CCCCCCCCCCCCCCCCCC(=O)NCCCCN(C)C.Cl. The average molecular weight is 419 g/mol. The first-order valence-electron chi connectivity index (χ1n) is 12.1. The van der Waals surface area contributed by atoms with Gasteiger partial charge in [0.25, 0.3) is 0 Å². The molecule has 0 unspecified atom stereocenters. The summed E-state index contributed by atoms with van der Waals surface area (Å²) in [5.41, 5.74) is 0. The van der Waals surface area contributed by atoms with Gasteiger partial charge in [-0.25, -0.2) is 0 Å². The van der Waals surface area contributed by atoms with Crippen LogP contribution in [0, 0.1) is 0 Å². The van der Waals surface area contributed by atoms with Crippen molar-refractivity contribution in [1.82, 2.24) is 10.2 Å². The lowest BCUT2D eigenvalue weighted by atomic mass is 10.0. The average Bonchev–Trinajstić information content (AvgIpc) is 2.64. The summed E-state index contributed by atoms with van der Waals surface area (Å²) in [6, 6.07) is 0. The van der Waals surface area contributed by atoms with Gasteiger partial charge >= 0.3 is 0 Å². The smallest absolute Gasteiger partial charge is 0.219 e. The van der Waals surface area contributed by atoms with Crippen LogP contribution in [0.4, 0.5) is 0 Å². The Labute approximate surface area is 183 Å². The zero-order valence-corrected chi connectivity index (χ0v) is 20.2. The van der Waals surface area contributed by atoms with Gasteiger partial charge in [-0.2, -0.15) is 0 Å². The number of halogens is 1. The highest BCUT2D eigenvalue weighted by Crippen LogP contribution is 2.13. The van der Waals surface area contributed by atoms with Gasteiger partial charge in [0.2, 0.25) is 5.91 Å². The van der Waals surface area contributed by atoms with E-state index in [1.54, 1.807) is 0 Å². The molecule has 0 saturated carbocycles. The van der Waals surface area contributed by atoms with E-state index in [2.05, 4.69) is 31.2 Å². The monoisotopic (exact) mass is 418 g/mol. The Balaban J connectivity index is 0. The van der Waals surface area contributed by atoms with Gasteiger partial charge in [-0.1, -0.05) is 96.8 Å². The zero-order valence-electron chi connectivity index (χ0n) is 19.4. The molecule has 0 aliphatic carbocycles. The van der Waals surface area contributed by atoms with E-state index in [4.69, 9.17) is 0 Å². The molecule has 1 N–H and O–H groups in total. The molecule has 3 nitrogen and oxygen atoms in total. The standard InChI is InChI=1S/C24H50N2O.ClH/c1-4-5-6-7-8-9-10-11-12-13-14-15-16-17-18-21-24(27)25-22-19-20-23-26(2)3;/h4-23H2,1-3H3,(H,25,27);1H. The number of nitrogens with one attached hydrogen (secondary N) is 1. The normalized spacial score (nSPS) is 10.9. The number of hydrogen-bond donors (Lipinski definition) is 1.